The fourth-order valence-corrected chi connectivity index (χ4v) is 3.35. The van der Waals surface area contributed by atoms with Gasteiger partial charge in [0.15, 0.2) is 0 Å². The Labute approximate surface area is 133 Å². The van der Waals surface area contributed by atoms with Gasteiger partial charge in [-0.05, 0) is 37.4 Å². The third-order valence-electron chi connectivity index (χ3n) is 4.09. The van der Waals surface area contributed by atoms with Crippen molar-refractivity contribution >= 4 is 35.0 Å². The van der Waals surface area contributed by atoms with Gasteiger partial charge in [-0.25, -0.2) is 0 Å². The number of halogens is 2. The molecule has 1 saturated heterocycles. The molecule has 0 N–H and O–H groups in total. The Bertz CT molecular complexity index is 577. The van der Waals surface area contributed by atoms with Gasteiger partial charge in [-0.2, -0.15) is 0 Å². The number of hydrogen-bond acceptors (Lipinski definition) is 3. The van der Waals surface area contributed by atoms with E-state index in [9.17, 15) is 9.59 Å². The summed E-state index contributed by atoms with van der Waals surface area (Å²) >= 11 is 11.9. The summed E-state index contributed by atoms with van der Waals surface area (Å²) in [6, 6.07) is 2.97. The molecular weight excluding hydrogens is 311 g/mol. The van der Waals surface area contributed by atoms with Crippen LogP contribution in [0, 0.1) is 5.92 Å². The Morgan fingerprint density at radius 1 is 1.14 bits per heavy atom. The van der Waals surface area contributed by atoms with E-state index in [1.807, 2.05) is 0 Å². The fraction of sp³-hybridized carbons (Fsp3) is 0.467. The highest BCUT2D eigenvalue weighted by atomic mass is 35.5. The molecule has 3 rings (SSSR count). The van der Waals surface area contributed by atoms with E-state index in [1.54, 1.807) is 0 Å². The lowest BCUT2D eigenvalue weighted by Crippen LogP contribution is -2.45. The first kappa shape index (κ1) is 14.8. The van der Waals surface area contributed by atoms with Gasteiger partial charge < -0.3 is 0 Å². The Morgan fingerprint density at radius 3 is 2.24 bits per heavy atom. The van der Waals surface area contributed by atoms with Crippen molar-refractivity contribution in [1.82, 2.24) is 9.80 Å². The molecule has 1 aromatic carbocycles. The van der Waals surface area contributed by atoms with Gasteiger partial charge in [-0.1, -0.05) is 30.1 Å². The van der Waals surface area contributed by atoms with Crippen molar-refractivity contribution in [2.75, 3.05) is 19.8 Å². The minimum absolute atomic E-state index is 0.285. The summed E-state index contributed by atoms with van der Waals surface area (Å²) < 4.78 is 0. The van der Waals surface area contributed by atoms with E-state index in [4.69, 9.17) is 23.2 Å². The van der Waals surface area contributed by atoms with E-state index in [0.717, 1.165) is 19.5 Å². The summed E-state index contributed by atoms with van der Waals surface area (Å²) in [5.74, 6) is 0.0245. The second-order valence-electron chi connectivity index (χ2n) is 5.82. The number of hydrogen-bond donors (Lipinski definition) is 0. The zero-order chi connectivity index (χ0) is 15.1. The largest absolute Gasteiger partial charge is 0.285 e. The molecule has 0 saturated carbocycles. The van der Waals surface area contributed by atoms with Gasteiger partial charge >= 0.3 is 0 Å². The molecule has 2 amide bonds. The topological polar surface area (TPSA) is 40.6 Å². The zero-order valence-corrected chi connectivity index (χ0v) is 13.2. The van der Waals surface area contributed by atoms with Crippen molar-refractivity contribution in [3.05, 3.63) is 33.3 Å². The van der Waals surface area contributed by atoms with Crippen LogP contribution in [0.5, 0.6) is 0 Å². The predicted molar refractivity (Wildman–Crippen MR) is 81.8 cm³/mol. The molecule has 1 aromatic rings. The maximum atomic E-state index is 12.4. The number of imide groups is 1. The SMILES string of the molecule is C[C@@H]1CCCN(CN2C(=O)c3cc(Cl)c(Cl)cc3C2=O)C1. The third-order valence-corrected chi connectivity index (χ3v) is 4.82. The number of likely N-dealkylation sites (tertiary alicyclic amines) is 1. The first-order valence-corrected chi connectivity index (χ1v) is 7.80. The molecule has 2 aliphatic rings. The minimum Gasteiger partial charge on any atom is -0.285 e. The highest BCUT2D eigenvalue weighted by Crippen LogP contribution is 2.31. The van der Waals surface area contributed by atoms with Gasteiger partial charge in [-0.15, -0.1) is 0 Å². The van der Waals surface area contributed by atoms with Crippen LogP contribution in [-0.2, 0) is 0 Å². The maximum Gasteiger partial charge on any atom is 0.262 e. The van der Waals surface area contributed by atoms with Gasteiger partial charge in [0.05, 0.1) is 27.8 Å². The van der Waals surface area contributed by atoms with Crippen LogP contribution in [0.3, 0.4) is 0 Å². The molecule has 4 nitrogen and oxygen atoms in total. The second-order valence-corrected chi connectivity index (χ2v) is 6.63. The van der Waals surface area contributed by atoms with E-state index >= 15 is 0 Å². The van der Waals surface area contributed by atoms with E-state index < -0.39 is 0 Å². The molecule has 21 heavy (non-hydrogen) atoms. The molecule has 0 aliphatic carbocycles. The molecule has 0 spiro atoms. The van der Waals surface area contributed by atoms with Crippen molar-refractivity contribution < 1.29 is 9.59 Å². The average molecular weight is 327 g/mol. The fourth-order valence-electron chi connectivity index (χ4n) is 3.03. The van der Waals surface area contributed by atoms with E-state index in [-0.39, 0.29) is 11.8 Å². The van der Waals surface area contributed by atoms with Gasteiger partial charge in [0.1, 0.15) is 0 Å². The van der Waals surface area contributed by atoms with Crippen molar-refractivity contribution in [3.63, 3.8) is 0 Å². The summed E-state index contributed by atoms with van der Waals surface area (Å²) in [4.78, 5) is 28.2. The number of piperidine rings is 1. The lowest BCUT2D eigenvalue weighted by molar-refractivity contribution is 0.0488. The quantitative estimate of drug-likeness (QED) is 0.783. The van der Waals surface area contributed by atoms with E-state index in [1.165, 1.54) is 23.5 Å². The van der Waals surface area contributed by atoms with Crippen molar-refractivity contribution in [2.45, 2.75) is 19.8 Å². The van der Waals surface area contributed by atoms with E-state index in [0.29, 0.717) is 33.8 Å². The lowest BCUT2D eigenvalue weighted by Gasteiger charge is -2.33. The first-order chi connectivity index (χ1) is 9.97. The van der Waals surface area contributed by atoms with Crippen LogP contribution >= 0.6 is 23.2 Å². The minimum atomic E-state index is -0.285. The Hall–Kier alpha value is -1.10. The van der Waals surface area contributed by atoms with Crippen LogP contribution < -0.4 is 0 Å². The number of nitrogens with zero attached hydrogens (tertiary/aromatic N) is 2. The molecule has 2 aliphatic heterocycles. The van der Waals surface area contributed by atoms with Crippen LogP contribution in [0.4, 0.5) is 0 Å². The monoisotopic (exact) mass is 326 g/mol. The normalized spacial score (nSPS) is 22.8. The number of amides is 2. The first-order valence-electron chi connectivity index (χ1n) is 7.05. The zero-order valence-electron chi connectivity index (χ0n) is 11.7. The van der Waals surface area contributed by atoms with Crippen LogP contribution in [0.15, 0.2) is 12.1 Å². The summed E-state index contributed by atoms with van der Waals surface area (Å²) in [7, 11) is 0. The van der Waals surface area contributed by atoms with Crippen LogP contribution in [0.25, 0.3) is 0 Å². The van der Waals surface area contributed by atoms with Crippen molar-refractivity contribution in [3.8, 4) is 0 Å². The third kappa shape index (κ3) is 2.68. The second kappa shape index (κ2) is 5.59. The molecular formula is C15H16Cl2N2O2. The molecule has 0 bridgehead atoms. The summed E-state index contributed by atoms with van der Waals surface area (Å²) in [6.45, 7) is 4.36. The summed E-state index contributed by atoms with van der Waals surface area (Å²) in [5, 5.41) is 0.593. The van der Waals surface area contributed by atoms with Gasteiger partial charge in [0.25, 0.3) is 11.8 Å². The van der Waals surface area contributed by atoms with E-state index in [2.05, 4.69) is 11.8 Å². The average Bonchev–Trinajstić information content (AvgIpc) is 2.65. The molecule has 0 aromatic heterocycles. The Morgan fingerprint density at radius 2 is 1.71 bits per heavy atom. The van der Waals surface area contributed by atoms with Crippen molar-refractivity contribution in [1.29, 1.82) is 0 Å². The number of carbonyl (C=O) groups is 2. The number of rotatable bonds is 2. The van der Waals surface area contributed by atoms with Gasteiger partial charge in [0, 0.05) is 6.54 Å². The Balaban J connectivity index is 1.83. The molecule has 6 heteroatoms. The van der Waals surface area contributed by atoms with Gasteiger partial charge in [-0.3, -0.25) is 19.4 Å². The summed E-state index contributed by atoms with van der Waals surface area (Å²) in [5.41, 5.74) is 0.693. The smallest absolute Gasteiger partial charge is 0.262 e. The molecule has 0 unspecified atom stereocenters. The van der Waals surface area contributed by atoms with Crippen LogP contribution in [0.2, 0.25) is 10.0 Å². The Kier molecular flexibility index (Phi) is 3.95. The van der Waals surface area contributed by atoms with Crippen LogP contribution in [0.1, 0.15) is 40.5 Å². The highest BCUT2D eigenvalue weighted by molar-refractivity contribution is 6.43. The van der Waals surface area contributed by atoms with Crippen molar-refractivity contribution in [2.24, 2.45) is 5.92 Å². The van der Waals surface area contributed by atoms with Gasteiger partial charge in [0.2, 0.25) is 0 Å². The predicted octanol–water partition coefficient (Wildman–Crippen LogP) is 3.28. The molecule has 1 atom stereocenters. The number of carbonyl (C=O) groups excluding carboxylic acids is 2. The molecule has 1 fully saturated rings. The standard InChI is InChI=1S/C15H16Cl2N2O2/c1-9-3-2-4-18(7-9)8-19-14(20)10-5-12(16)13(17)6-11(10)15(19)21/h5-6,9H,2-4,7-8H2,1H3/t9-/m1/s1. The highest BCUT2D eigenvalue weighted by Gasteiger charge is 2.37. The maximum absolute atomic E-state index is 12.4. The molecule has 2 heterocycles. The lowest BCUT2D eigenvalue weighted by atomic mass is 10.0. The molecule has 112 valence electrons. The molecule has 0 radical (unpaired) electrons. The summed E-state index contributed by atoms with van der Waals surface area (Å²) in [6.07, 6.45) is 2.30. The number of benzene rings is 1. The van der Waals surface area contributed by atoms with Crippen LogP contribution in [-0.4, -0.2) is 41.4 Å². The number of fused-ring (bicyclic) bond motifs is 1.